The molecule has 0 atom stereocenters. The lowest BCUT2D eigenvalue weighted by molar-refractivity contribution is 0.103. The SMILES string of the molecule is COc1ccc(C(=O)c2cccc(Cl)c2)cc1. The molecule has 0 saturated heterocycles. The zero-order valence-corrected chi connectivity index (χ0v) is 10.1. The van der Waals surface area contributed by atoms with Gasteiger partial charge in [0, 0.05) is 16.1 Å². The van der Waals surface area contributed by atoms with Gasteiger partial charge in [0.15, 0.2) is 5.78 Å². The highest BCUT2D eigenvalue weighted by atomic mass is 35.5. The molecule has 0 heterocycles. The summed E-state index contributed by atoms with van der Waals surface area (Å²) in [6.07, 6.45) is 0. The third kappa shape index (κ3) is 2.66. The van der Waals surface area contributed by atoms with Crippen molar-refractivity contribution in [3.63, 3.8) is 0 Å². The summed E-state index contributed by atoms with van der Waals surface area (Å²) < 4.78 is 5.04. The summed E-state index contributed by atoms with van der Waals surface area (Å²) in [6, 6.07) is 13.9. The number of halogens is 1. The number of carbonyl (C=O) groups is 1. The largest absolute Gasteiger partial charge is 0.497 e. The molecule has 0 radical (unpaired) electrons. The minimum Gasteiger partial charge on any atom is -0.497 e. The maximum Gasteiger partial charge on any atom is 0.193 e. The fourth-order valence-electron chi connectivity index (χ4n) is 1.54. The topological polar surface area (TPSA) is 26.3 Å². The maximum atomic E-state index is 12.1. The molecule has 0 unspecified atom stereocenters. The van der Waals surface area contributed by atoms with E-state index in [1.54, 1.807) is 55.6 Å². The highest BCUT2D eigenvalue weighted by molar-refractivity contribution is 6.31. The summed E-state index contributed by atoms with van der Waals surface area (Å²) >= 11 is 5.85. The lowest BCUT2D eigenvalue weighted by Gasteiger charge is -2.03. The van der Waals surface area contributed by atoms with Gasteiger partial charge in [-0.05, 0) is 36.4 Å². The van der Waals surface area contributed by atoms with Gasteiger partial charge in [-0.3, -0.25) is 4.79 Å². The summed E-state index contributed by atoms with van der Waals surface area (Å²) in [4.78, 5) is 12.1. The molecule has 0 saturated carbocycles. The highest BCUT2D eigenvalue weighted by Crippen LogP contribution is 2.17. The molecule has 0 aliphatic rings. The van der Waals surface area contributed by atoms with Gasteiger partial charge in [0.1, 0.15) is 5.75 Å². The van der Waals surface area contributed by atoms with Crippen LogP contribution in [0.1, 0.15) is 15.9 Å². The first kappa shape index (κ1) is 11.7. The molecule has 0 spiro atoms. The molecule has 0 fully saturated rings. The predicted molar refractivity (Wildman–Crippen MR) is 67.9 cm³/mol. The van der Waals surface area contributed by atoms with Crippen molar-refractivity contribution in [2.24, 2.45) is 0 Å². The zero-order chi connectivity index (χ0) is 12.3. The molecule has 0 N–H and O–H groups in total. The first-order valence-electron chi connectivity index (χ1n) is 5.15. The lowest BCUT2D eigenvalue weighted by Crippen LogP contribution is -2.00. The minimum atomic E-state index is -0.0462. The van der Waals surface area contributed by atoms with Gasteiger partial charge in [0.2, 0.25) is 0 Å². The van der Waals surface area contributed by atoms with Crippen LogP contribution in [0.25, 0.3) is 0 Å². The third-order valence-electron chi connectivity index (χ3n) is 2.44. The van der Waals surface area contributed by atoms with Crippen molar-refractivity contribution in [3.8, 4) is 5.75 Å². The van der Waals surface area contributed by atoms with Gasteiger partial charge in [-0.25, -0.2) is 0 Å². The number of carbonyl (C=O) groups excluding carboxylic acids is 1. The van der Waals surface area contributed by atoms with Crippen LogP contribution in [0.4, 0.5) is 0 Å². The minimum absolute atomic E-state index is 0.0462. The monoisotopic (exact) mass is 246 g/mol. The molecule has 2 aromatic rings. The number of benzene rings is 2. The average Bonchev–Trinajstić information content (AvgIpc) is 2.38. The van der Waals surface area contributed by atoms with Crippen molar-refractivity contribution in [1.82, 2.24) is 0 Å². The van der Waals surface area contributed by atoms with E-state index in [9.17, 15) is 4.79 Å². The van der Waals surface area contributed by atoms with E-state index < -0.39 is 0 Å². The second-order valence-electron chi connectivity index (χ2n) is 3.57. The maximum absolute atomic E-state index is 12.1. The summed E-state index contributed by atoms with van der Waals surface area (Å²) in [6.45, 7) is 0. The highest BCUT2D eigenvalue weighted by Gasteiger charge is 2.09. The molecule has 2 nitrogen and oxygen atoms in total. The van der Waals surface area contributed by atoms with Gasteiger partial charge in [-0.1, -0.05) is 23.7 Å². The molecule has 2 rings (SSSR count). The predicted octanol–water partition coefficient (Wildman–Crippen LogP) is 3.58. The van der Waals surface area contributed by atoms with Crippen molar-refractivity contribution in [1.29, 1.82) is 0 Å². The Balaban J connectivity index is 2.30. The van der Waals surface area contributed by atoms with Crippen molar-refractivity contribution >= 4 is 17.4 Å². The molecule has 0 bridgehead atoms. The first-order valence-corrected chi connectivity index (χ1v) is 5.53. The Morgan fingerprint density at radius 3 is 2.35 bits per heavy atom. The van der Waals surface area contributed by atoms with Crippen LogP contribution in [0.5, 0.6) is 5.75 Å². The summed E-state index contributed by atoms with van der Waals surface area (Å²) in [5.74, 6) is 0.683. The van der Waals surface area contributed by atoms with Gasteiger partial charge >= 0.3 is 0 Å². The molecule has 17 heavy (non-hydrogen) atoms. The number of ether oxygens (including phenoxy) is 1. The van der Waals surface area contributed by atoms with E-state index in [1.165, 1.54) is 0 Å². The number of hydrogen-bond acceptors (Lipinski definition) is 2. The fraction of sp³-hybridized carbons (Fsp3) is 0.0714. The Hall–Kier alpha value is -1.80. The second kappa shape index (κ2) is 5.02. The van der Waals surface area contributed by atoms with E-state index in [1.807, 2.05) is 0 Å². The lowest BCUT2D eigenvalue weighted by atomic mass is 10.0. The van der Waals surface area contributed by atoms with E-state index in [4.69, 9.17) is 16.3 Å². The van der Waals surface area contributed by atoms with Gasteiger partial charge in [0.05, 0.1) is 7.11 Å². The Morgan fingerprint density at radius 1 is 1.06 bits per heavy atom. The molecule has 0 aliphatic heterocycles. The molecule has 2 aromatic carbocycles. The molecular formula is C14H11ClO2. The smallest absolute Gasteiger partial charge is 0.193 e. The van der Waals surface area contributed by atoms with E-state index >= 15 is 0 Å². The zero-order valence-electron chi connectivity index (χ0n) is 9.31. The quantitative estimate of drug-likeness (QED) is 0.774. The van der Waals surface area contributed by atoms with Gasteiger partial charge in [-0.2, -0.15) is 0 Å². The Morgan fingerprint density at radius 2 is 1.76 bits per heavy atom. The van der Waals surface area contributed by atoms with Crippen molar-refractivity contribution in [3.05, 3.63) is 64.7 Å². The Labute approximate surface area is 105 Å². The van der Waals surface area contributed by atoms with E-state index in [0.717, 1.165) is 5.75 Å². The second-order valence-corrected chi connectivity index (χ2v) is 4.00. The molecule has 86 valence electrons. The van der Waals surface area contributed by atoms with Crippen molar-refractivity contribution < 1.29 is 9.53 Å². The third-order valence-corrected chi connectivity index (χ3v) is 2.67. The van der Waals surface area contributed by atoms with Crippen LogP contribution in [-0.4, -0.2) is 12.9 Å². The van der Waals surface area contributed by atoms with Crippen LogP contribution in [0.3, 0.4) is 0 Å². The van der Waals surface area contributed by atoms with Gasteiger partial charge < -0.3 is 4.74 Å². The van der Waals surface area contributed by atoms with Crippen LogP contribution in [0.15, 0.2) is 48.5 Å². The van der Waals surface area contributed by atoms with Crippen LogP contribution in [0, 0.1) is 0 Å². The average molecular weight is 247 g/mol. The normalized spacial score (nSPS) is 10.0. The standard InChI is InChI=1S/C14H11ClO2/c1-17-13-7-5-10(6-8-13)14(16)11-3-2-4-12(15)9-11/h2-9H,1H3. The Kier molecular flexibility index (Phi) is 3.45. The number of hydrogen-bond donors (Lipinski definition) is 0. The molecular weight excluding hydrogens is 236 g/mol. The van der Waals surface area contributed by atoms with Crippen LogP contribution in [0.2, 0.25) is 5.02 Å². The summed E-state index contributed by atoms with van der Waals surface area (Å²) in [5.41, 5.74) is 1.20. The van der Waals surface area contributed by atoms with Crippen LogP contribution < -0.4 is 4.74 Å². The van der Waals surface area contributed by atoms with Gasteiger partial charge in [-0.15, -0.1) is 0 Å². The first-order chi connectivity index (χ1) is 8.20. The van der Waals surface area contributed by atoms with Crippen molar-refractivity contribution in [2.45, 2.75) is 0 Å². The molecule has 3 heteroatoms. The van der Waals surface area contributed by atoms with Crippen molar-refractivity contribution in [2.75, 3.05) is 7.11 Å². The van der Waals surface area contributed by atoms with Crippen LogP contribution >= 0.6 is 11.6 Å². The summed E-state index contributed by atoms with van der Waals surface area (Å²) in [7, 11) is 1.59. The fourth-order valence-corrected chi connectivity index (χ4v) is 1.73. The number of ketones is 1. The Bertz CT molecular complexity index is 532. The number of methoxy groups -OCH3 is 1. The molecule has 0 aliphatic carbocycles. The van der Waals surface area contributed by atoms with E-state index in [2.05, 4.69) is 0 Å². The summed E-state index contributed by atoms with van der Waals surface area (Å²) in [5, 5.41) is 0.560. The van der Waals surface area contributed by atoms with E-state index in [0.29, 0.717) is 16.1 Å². The van der Waals surface area contributed by atoms with Gasteiger partial charge in [0.25, 0.3) is 0 Å². The van der Waals surface area contributed by atoms with Crippen LogP contribution in [-0.2, 0) is 0 Å². The van der Waals surface area contributed by atoms with E-state index in [-0.39, 0.29) is 5.78 Å². The number of rotatable bonds is 3. The molecule has 0 aromatic heterocycles. The molecule has 0 amide bonds.